The number of hydrogen-bond donors (Lipinski definition) is 1. The van der Waals surface area contributed by atoms with Crippen LogP contribution in [0, 0.1) is 10.1 Å². The van der Waals surface area contributed by atoms with Crippen LogP contribution in [0.5, 0.6) is 0 Å². The van der Waals surface area contributed by atoms with Crippen LogP contribution in [0.2, 0.25) is 0 Å². The van der Waals surface area contributed by atoms with Crippen molar-refractivity contribution in [3.8, 4) is 0 Å². The van der Waals surface area contributed by atoms with E-state index in [1.54, 1.807) is 12.1 Å². The van der Waals surface area contributed by atoms with Gasteiger partial charge >= 0.3 is 0 Å². The molecule has 1 saturated heterocycles. The molecule has 1 aliphatic heterocycles. The van der Waals surface area contributed by atoms with Gasteiger partial charge in [0.05, 0.1) is 11.5 Å². The highest BCUT2D eigenvalue weighted by atomic mass is 35.5. The SMILES string of the molecule is CN(CCc1ccc([N+](=O)[O-])cc1)CC(=O)N1CCNCC1.Cl. The van der Waals surface area contributed by atoms with Gasteiger partial charge in [0, 0.05) is 44.9 Å². The molecule has 0 bridgehead atoms. The number of amides is 1. The van der Waals surface area contributed by atoms with Gasteiger partial charge in [-0.2, -0.15) is 0 Å². The lowest BCUT2D eigenvalue weighted by Crippen LogP contribution is -2.49. The summed E-state index contributed by atoms with van der Waals surface area (Å²) in [7, 11) is 1.92. The van der Waals surface area contributed by atoms with E-state index in [-0.39, 0.29) is 24.0 Å². The lowest BCUT2D eigenvalue weighted by Gasteiger charge is -2.29. The lowest BCUT2D eigenvalue weighted by atomic mass is 10.1. The van der Waals surface area contributed by atoms with E-state index in [9.17, 15) is 14.9 Å². The van der Waals surface area contributed by atoms with E-state index < -0.39 is 4.92 Å². The van der Waals surface area contributed by atoms with Crippen molar-refractivity contribution in [3.63, 3.8) is 0 Å². The number of nitro groups is 1. The van der Waals surface area contributed by atoms with Crippen molar-refractivity contribution >= 4 is 24.0 Å². The minimum absolute atomic E-state index is 0. The highest BCUT2D eigenvalue weighted by Crippen LogP contribution is 2.12. The number of rotatable bonds is 6. The zero-order valence-corrected chi connectivity index (χ0v) is 14.1. The third-order valence-electron chi connectivity index (χ3n) is 3.80. The largest absolute Gasteiger partial charge is 0.339 e. The average Bonchev–Trinajstić information content (AvgIpc) is 2.54. The van der Waals surface area contributed by atoms with Gasteiger partial charge in [0.25, 0.3) is 5.69 Å². The van der Waals surface area contributed by atoms with Crippen molar-refractivity contribution in [2.45, 2.75) is 6.42 Å². The highest BCUT2D eigenvalue weighted by Gasteiger charge is 2.17. The fourth-order valence-electron chi connectivity index (χ4n) is 2.43. The zero-order chi connectivity index (χ0) is 15.9. The molecular weight excluding hydrogens is 320 g/mol. The Morgan fingerprint density at radius 3 is 2.48 bits per heavy atom. The fraction of sp³-hybridized carbons (Fsp3) is 0.533. The van der Waals surface area contributed by atoms with E-state index >= 15 is 0 Å². The minimum atomic E-state index is -0.401. The van der Waals surface area contributed by atoms with Crippen LogP contribution in [0.4, 0.5) is 5.69 Å². The maximum absolute atomic E-state index is 12.1. The van der Waals surface area contributed by atoms with Gasteiger partial charge in [-0.25, -0.2) is 0 Å². The second kappa shape index (κ2) is 9.44. The molecule has 0 spiro atoms. The summed E-state index contributed by atoms with van der Waals surface area (Å²) in [5, 5.41) is 13.8. The summed E-state index contributed by atoms with van der Waals surface area (Å²) in [4.78, 5) is 26.2. The van der Waals surface area contributed by atoms with Crippen molar-refractivity contribution in [2.24, 2.45) is 0 Å². The molecule has 0 aromatic heterocycles. The number of nitrogens with zero attached hydrogens (tertiary/aromatic N) is 3. The number of piperazine rings is 1. The Labute approximate surface area is 142 Å². The van der Waals surface area contributed by atoms with Gasteiger partial charge in [-0.15, -0.1) is 12.4 Å². The number of non-ortho nitro benzene ring substituents is 1. The van der Waals surface area contributed by atoms with Crippen LogP contribution < -0.4 is 5.32 Å². The summed E-state index contributed by atoms with van der Waals surface area (Å²) < 4.78 is 0. The van der Waals surface area contributed by atoms with Gasteiger partial charge in [0.1, 0.15) is 0 Å². The summed E-state index contributed by atoms with van der Waals surface area (Å²) in [6.45, 7) is 4.42. The molecule has 0 atom stereocenters. The van der Waals surface area contributed by atoms with E-state index in [4.69, 9.17) is 0 Å². The molecule has 1 heterocycles. The van der Waals surface area contributed by atoms with Gasteiger partial charge in [0.15, 0.2) is 0 Å². The monoisotopic (exact) mass is 342 g/mol. The number of nitro benzene ring substituents is 1. The number of carbonyl (C=O) groups is 1. The maximum Gasteiger partial charge on any atom is 0.269 e. The van der Waals surface area contributed by atoms with Crippen LogP contribution in [-0.4, -0.2) is 66.9 Å². The number of likely N-dealkylation sites (N-methyl/N-ethyl adjacent to an activating group) is 1. The van der Waals surface area contributed by atoms with Crippen LogP contribution in [0.25, 0.3) is 0 Å². The molecule has 2 rings (SSSR count). The molecule has 1 aromatic rings. The molecule has 1 aliphatic rings. The average molecular weight is 343 g/mol. The molecule has 0 radical (unpaired) electrons. The maximum atomic E-state index is 12.1. The molecule has 0 saturated carbocycles. The van der Waals surface area contributed by atoms with E-state index in [0.717, 1.165) is 44.7 Å². The van der Waals surface area contributed by atoms with E-state index in [0.29, 0.717) is 6.54 Å². The van der Waals surface area contributed by atoms with Crippen LogP contribution in [0.3, 0.4) is 0 Å². The van der Waals surface area contributed by atoms with Crippen molar-refractivity contribution in [2.75, 3.05) is 46.3 Å². The molecule has 23 heavy (non-hydrogen) atoms. The van der Waals surface area contributed by atoms with Gasteiger partial charge in [-0.05, 0) is 19.0 Å². The quantitative estimate of drug-likeness (QED) is 0.614. The van der Waals surface area contributed by atoms with Crippen LogP contribution in [0.15, 0.2) is 24.3 Å². The van der Waals surface area contributed by atoms with Gasteiger partial charge < -0.3 is 10.2 Å². The normalized spacial score (nSPS) is 14.4. The molecule has 0 aliphatic carbocycles. The second-order valence-corrected chi connectivity index (χ2v) is 5.54. The topological polar surface area (TPSA) is 78.7 Å². The molecular formula is C15H23ClN4O3. The molecule has 7 nitrogen and oxygen atoms in total. The summed E-state index contributed by atoms with van der Waals surface area (Å²) in [6, 6.07) is 6.57. The molecule has 1 amide bonds. The van der Waals surface area contributed by atoms with E-state index in [1.807, 2.05) is 16.8 Å². The fourth-order valence-corrected chi connectivity index (χ4v) is 2.43. The van der Waals surface area contributed by atoms with Crippen molar-refractivity contribution in [1.82, 2.24) is 15.1 Å². The first kappa shape index (κ1) is 19.3. The summed E-state index contributed by atoms with van der Waals surface area (Å²) in [5.74, 6) is 0.160. The van der Waals surface area contributed by atoms with Crippen molar-refractivity contribution in [1.29, 1.82) is 0 Å². The Bertz CT molecular complexity index is 518. The second-order valence-electron chi connectivity index (χ2n) is 5.54. The summed E-state index contributed by atoms with van der Waals surface area (Å²) >= 11 is 0. The number of halogens is 1. The minimum Gasteiger partial charge on any atom is -0.339 e. The Hall–Kier alpha value is -1.70. The number of benzene rings is 1. The predicted octanol–water partition coefficient (Wildman–Crippen LogP) is 0.923. The number of hydrogen-bond acceptors (Lipinski definition) is 5. The number of nitrogens with one attached hydrogen (secondary N) is 1. The van der Waals surface area contributed by atoms with Crippen LogP contribution in [0.1, 0.15) is 5.56 Å². The lowest BCUT2D eigenvalue weighted by molar-refractivity contribution is -0.384. The molecule has 1 aromatic carbocycles. The first-order chi connectivity index (χ1) is 10.6. The summed E-state index contributed by atoms with van der Waals surface area (Å²) in [6.07, 6.45) is 0.767. The van der Waals surface area contributed by atoms with E-state index in [1.165, 1.54) is 12.1 Å². The smallest absolute Gasteiger partial charge is 0.269 e. The Kier molecular flexibility index (Phi) is 7.94. The van der Waals surface area contributed by atoms with Crippen LogP contribution in [-0.2, 0) is 11.2 Å². The highest BCUT2D eigenvalue weighted by molar-refractivity contribution is 5.85. The van der Waals surface area contributed by atoms with Gasteiger partial charge in [-0.3, -0.25) is 19.8 Å². The molecule has 8 heteroatoms. The Morgan fingerprint density at radius 1 is 1.30 bits per heavy atom. The first-order valence-electron chi connectivity index (χ1n) is 7.46. The third-order valence-corrected chi connectivity index (χ3v) is 3.80. The van der Waals surface area contributed by atoms with Gasteiger partial charge in [-0.1, -0.05) is 12.1 Å². The van der Waals surface area contributed by atoms with Gasteiger partial charge in [0.2, 0.25) is 5.91 Å². The predicted molar refractivity (Wildman–Crippen MR) is 91.0 cm³/mol. The van der Waals surface area contributed by atoms with E-state index in [2.05, 4.69) is 5.32 Å². The third kappa shape index (κ3) is 6.13. The van der Waals surface area contributed by atoms with Crippen molar-refractivity contribution in [3.05, 3.63) is 39.9 Å². The Balaban J connectivity index is 0.00000264. The first-order valence-corrected chi connectivity index (χ1v) is 7.46. The van der Waals surface area contributed by atoms with Crippen LogP contribution >= 0.6 is 12.4 Å². The zero-order valence-electron chi connectivity index (χ0n) is 13.2. The van der Waals surface area contributed by atoms with Crippen molar-refractivity contribution < 1.29 is 9.72 Å². The molecule has 0 unspecified atom stereocenters. The molecule has 1 fully saturated rings. The molecule has 1 N–H and O–H groups in total. The summed E-state index contributed by atoms with van der Waals surface area (Å²) in [5.41, 5.74) is 1.14. The molecule has 128 valence electrons. The Morgan fingerprint density at radius 2 is 1.91 bits per heavy atom. The number of carbonyl (C=O) groups excluding carboxylic acids is 1. The standard InChI is InChI=1S/C15H22N4O3.ClH/c1-17(12-15(20)18-10-7-16-8-11-18)9-6-13-2-4-14(5-3-13)19(21)22;/h2-5,16H,6-12H2,1H3;1H.